The largest absolute Gasteiger partial charge is 0.347 e. The second-order valence-electron chi connectivity index (χ2n) is 7.41. The van der Waals surface area contributed by atoms with Gasteiger partial charge in [-0.15, -0.1) is 11.3 Å². The van der Waals surface area contributed by atoms with Gasteiger partial charge in [0.1, 0.15) is 5.01 Å². The molecule has 0 radical (unpaired) electrons. The Kier molecular flexibility index (Phi) is 5.45. The number of carbonyl (C=O) groups is 1. The van der Waals surface area contributed by atoms with Crippen LogP contribution in [0.2, 0.25) is 0 Å². The minimum Gasteiger partial charge on any atom is -0.347 e. The Bertz CT molecular complexity index is 713. The first-order valence-corrected chi connectivity index (χ1v) is 9.01. The third-order valence-electron chi connectivity index (χ3n) is 4.10. The molecule has 2 atom stereocenters. The maximum absolute atomic E-state index is 12.3. The third kappa shape index (κ3) is 4.22. The lowest BCUT2D eigenvalue weighted by Gasteiger charge is -2.27. The van der Waals surface area contributed by atoms with Crippen LogP contribution in [0.15, 0.2) is 24.3 Å². The molecule has 0 aliphatic carbocycles. The van der Waals surface area contributed by atoms with Crippen LogP contribution in [0.25, 0.3) is 10.6 Å². The minimum absolute atomic E-state index is 0.109. The fraction of sp³-hybridized carbons (Fsp3) is 0.474. The average Bonchev–Trinajstić information content (AvgIpc) is 2.88. The summed E-state index contributed by atoms with van der Waals surface area (Å²) in [5, 5.41) is 4.00. The Hall–Kier alpha value is -1.72. The van der Waals surface area contributed by atoms with Gasteiger partial charge in [-0.1, -0.05) is 50.6 Å². The van der Waals surface area contributed by atoms with Crippen LogP contribution in [0.4, 0.5) is 0 Å². The monoisotopic (exact) mass is 345 g/mol. The number of nitrogens with zero attached hydrogens (tertiary/aromatic N) is 1. The molecule has 1 unspecified atom stereocenters. The van der Waals surface area contributed by atoms with Crippen molar-refractivity contribution in [3.05, 3.63) is 40.4 Å². The second kappa shape index (κ2) is 7.03. The van der Waals surface area contributed by atoms with E-state index in [0.29, 0.717) is 0 Å². The molecule has 0 aliphatic rings. The number of benzene rings is 1. The van der Waals surface area contributed by atoms with Gasteiger partial charge in [-0.25, -0.2) is 4.98 Å². The smallest absolute Gasteiger partial charge is 0.237 e. The van der Waals surface area contributed by atoms with Gasteiger partial charge in [0, 0.05) is 5.56 Å². The number of carbonyl (C=O) groups excluding carboxylic acids is 1. The molecule has 2 rings (SSSR count). The first-order chi connectivity index (χ1) is 11.1. The van der Waals surface area contributed by atoms with Gasteiger partial charge in [-0.3, -0.25) is 4.79 Å². The number of thiazole rings is 1. The fourth-order valence-electron chi connectivity index (χ4n) is 2.39. The third-order valence-corrected chi connectivity index (χ3v) is 5.49. The van der Waals surface area contributed by atoms with Crippen molar-refractivity contribution >= 4 is 17.2 Å². The van der Waals surface area contributed by atoms with Gasteiger partial charge < -0.3 is 11.1 Å². The Morgan fingerprint density at radius 3 is 2.33 bits per heavy atom. The summed E-state index contributed by atoms with van der Waals surface area (Å²) in [6, 6.07) is 7.68. The zero-order valence-electron chi connectivity index (χ0n) is 15.3. The molecule has 3 N–H and O–H groups in total. The van der Waals surface area contributed by atoms with Crippen molar-refractivity contribution in [2.75, 3.05) is 0 Å². The van der Waals surface area contributed by atoms with Crippen LogP contribution in [0.3, 0.4) is 0 Å². The Morgan fingerprint density at radius 1 is 1.21 bits per heavy atom. The molecule has 0 spiro atoms. The fourth-order valence-corrected chi connectivity index (χ4v) is 3.47. The van der Waals surface area contributed by atoms with E-state index >= 15 is 0 Å². The molecule has 5 heteroatoms. The van der Waals surface area contributed by atoms with Crippen molar-refractivity contribution in [3.8, 4) is 10.6 Å². The van der Waals surface area contributed by atoms with E-state index in [0.717, 1.165) is 21.1 Å². The van der Waals surface area contributed by atoms with Crippen LogP contribution in [0.1, 0.15) is 49.9 Å². The number of aryl methyl sites for hydroxylation is 2. The van der Waals surface area contributed by atoms with Crippen LogP contribution in [0.5, 0.6) is 0 Å². The first-order valence-electron chi connectivity index (χ1n) is 8.20. The summed E-state index contributed by atoms with van der Waals surface area (Å²) in [5.41, 5.74) is 9.06. The Balaban J connectivity index is 2.17. The minimum atomic E-state index is -0.537. The van der Waals surface area contributed by atoms with E-state index in [-0.39, 0.29) is 17.4 Å². The van der Waals surface area contributed by atoms with E-state index in [1.54, 1.807) is 11.3 Å². The lowest BCUT2D eigenvalue weighted by atomic mass is 9.87. The van der Waals surface area contributed by atoms with Crippen molar-refractivity contribution < 1.29 is 4.79 Å². The number of hydrogen-bond donors (Lipinski definition) is 2. The molecular weight excluding hydrogens is 318 g/mol. The summed E-state index contributed by atoms with van der Waals surface area (Å²) in [7, 11) is 0. The standard InChI is InChI=1S/C19H27N3OS/c1-11-7-9-14(10-8-11)18-22-13(3)15(24-18)12(2)21-17(23)16(20)19(4,5)6/h7-10,12,16H,20H2,1-6H3,(H,21,23)/t12?,16-/m1/s1. The topological polar surface area (TPSA) is 68.0 Å². The number of amides is 1. The van der Waals surface area contributed by atoms with Crippen LogP contribution < -0.4 is 11.1 Å². The Morgan fingerprint density at radius 2 is 1.79 bits per heavy atom. The molecular formula is C19H27N3OS. The zero-order chi connectivity index (χ0) is 18.1. The van der Waals surface area contributed by atoms with Crippen LogP contribution in [0, 0.1) is 19.3 Å². The van der Waals surface area contributed by atoms with E-state index in [9.17, 15) is 4.79 Å². The maximum Gasteiger partial charge on any atom is 0.237 e. The molecule has 0 saturated heterocycles. The van der Waals surface area contributed by atoms with Crippen molar-refractivity contribution in [2.45, 2.75) is 53.6 Å². The lowest BCUT2D eigenvalue weighted by molar-refractivity contribution is -0.125. The van der Waals surface area contributed by atoms with Gasteiger partial charge in [0.2, 0.25) is 5.91 Å². The quantitative estimate of drug-likeness (QED) is 0.881. The van der Waals surface area contributed by atoms with Gasteiger partial charge in [-0.2, -0.15) is 0 Å². The molecule has 0 bridgehead atoms. The van der Waals surface area contributed by atoms with E-state index < -0.39 is 6.04 Å². The van der Waals surface area contributed by atoms with E-state index in [4.69, 9.17) is 5.73 Å². The van der Waals surface area contributed by atoms with Gasteiger partial charge in [0.15, 0.2) is 0 Å². The molecule has 0 aliphatic heterocycles. The number of rotatable bonds is 4. The van der Waals surface area contributed by atoms with Crippen LogP contribution in [-0.4, -0.2) is 16.9 Å². The predicted octanol–water partition coefficient (Wildman–Crippen LogP) is 3.98. The number of nitrogens with two attached hydrogens (primary N) is 1. The summed E-state index contributed by atoms with van der Waals surface area (Å²) in [6.07, 6.45) is 0. The highest BCUT2D eigenvalue weighted by atomic mass is 32.1. The molecule has 1 amide bonds. The average molecular weight is 346 g/mol. The molecule has 0 saturated carbocycles. The van der Waals surface area contributed by atoms with Gasteiger partial charge in [0.05, 0.1) is 22.7 Å². The van der Waals surface area contributed by atoms with Crippen molar-refractivity contribution in [1.29, 1.82) is 0 Å². The summed E-state index contributed by atoms with van der Waals surface area (Å²) in [5.74, 6) is -0.125. The second-order valence-corrected chi connectivity index (χ2v) is 8.44. The Labute approximate surface area is 148 Å². The van der Waals surface area contributed by atoms with Crippen LogP contribution >= 0.6 is 11.3 Å². The van der Waals surface area contributed by atoms with Gasteiger partial charge in [-0.05, 0) is 26.2 Å². The van der Waals surface area contributed by atoms with Gasteiger partial charge >= 0.3 is 0 Å². The normalized spacial score (nSPS) is 14.3. The summed E-state index contributed by atoms with van der Waals surface area (Å²) >= 11 is 1.62. The molecule has 4 nitrogen and oxygen atoms in total. The SMILES string of the molecule is Cc1ccc(-c2nc(C)c(C(C)NC(=O)[C@@H](N)C(C)(C)C)s2)cc1. The zero-order valence-corrected chi connectivity index (χ0v) is 16.1. The number of hydrogen-bond acceptors (Lipinski definition) is 4. The highest BCUT2D eigenvalue weighted by Crippen LogP contribution is 2.32. The summed E-state index contributed by atoms with van der Waals surface area (Å²) in [4.78, 5) is 18.1. The van der Waals surface area contributed by atoms with Crippen molar-refractivity contribution in [1.82, 2.24) is 10.3 Å². The van der Waals surface area contributed by atoms with Crippen LogP contribution in [-0.2, 0) is 4.79 Å². The first kappa shape index (κ1) is 18.6. The molecule has 24 heavy (non-hydrogen) atoms. The molecule has 0 fully saturated rings. The highest BCUT2D eigenvalue weighted by molar-refractivity contribution is 7.15. The molecule has 1 aromatic heterocycles. The molecule has 130 valence electrons. The number of aromatic nitrogens is 1. The van der Waals surface area contributed by atoms with E-state index in [2.05, 4.69) is 41.5 Å². The van der Waals surface area contributed by atoms with E-state index in [1.165, 1.54) is 5.56 Å². The van der Waals surface area contributed by atoms with Crippen molar-refractivity contribution in [2.24, 2.45) is 11.1 Å². The molecule has 1 heterocycles. The van der Waals surface area contributed by atoms with E-state index in [1.807, 2.05) is 34.6 Å². The van der Waals surface area contributed by atoms with Gasteiger partial charge in [0.25, 0.3) is 0 Å². The summed E-state index contributed by atoms with van der Waals surface area (Å²) in [6.45, 7) is 11.9. The lowest BCUT2D eigenvalue weighted by Crippen LogP contribution is -2.49. The maximum atomic E-state index is 12.3. The predicted molar refractivity (Wildman–Crippen MR) is 101 cm³/mol. The molecule has 2 aromatic rings. The van der Waals surface area contributed by atoms with Crippen molar-refractivity contribution in [3.63, 3.8) is 0 Å². The molecule has 1 aromatic carbocycles. The highest BCUT2D eigenvalue weighted by Gasteiger charge is 2.29. The summed E-state index contributed by atoms with van der Waals surface area (Å²) < 4.78 is 0. The number of nitrogens with one attached hydrogen (secondary N) is 1.